The van der Waals surface area contributed by atoms with Crippen molar-refractivity contribution in [2.75, 3.05) is 0 Å². The Morgan fingerprint density at radius 1 is 0.953 bits per heavy atom. The Bertz CT molecular complexity index is 1270. The lowest BCUT2D eigenvalue weighted by Gasteiger charge is -2.33. The van der Waals surface area contributed by atoms with Crippen molar-refractivity contribution in [3.8, 4) is 0 Å². The summed E-state index contributed by atoms with van der Waals surface area (Å²) in [5, 5.41) is 0. The molecule has 0 saturated carbocycles. The molecule has 2 aromatic carbocycles. The van der Waals surface area contributed by atoms with E-state index in [0.717, 1.165) is 65.5 Å². The van der Waals surface area contributed by atoms with Gasteiger partial charge in [-0.25, -0.2) is 0 Å². The van der Waals surface area contributed by atoms with Crippen LogP contribution >= 0.6 is 0 Å². The number of carbonyl (C=O) groups excluding carboxylic acids is 4. The van der Waals surface area contributed by atoms with E-state index in [9.17, 15) is 19.2 Å². The summed E-state index contributed by atoms with van der Waals surface area (Å²) in [6.07, 6.45) is 6.74. The molecule has 3 atom stereocenters. The zero-order valence-corrected chi connectivity index (χ0v) is 28.4. The van der Waals surface area contributed by atoms with Gasteiger partial charge in [0.25, 0.3) is 0 Å². The molecule has 4 heteroatoms. The highest BCUT2D eigenvalue weighted by Crippen LogP contribution is 2.40. The molecule has 0 spiro atoms. The lowest BCUT2D eigenvalue weighted by atomic mass is 9.70. The minimum atomic E-state index is -0.131. The van der Waals surface area contributed by atoms with Crippen molar-refractivity contribution in [2.24, 2.45) is 17.8 Å². The molecule has 0 radical (unpaired) electrons. The quantitative estimate of drug-likeness (QED) is 0.206. The molecule has 0 N–H and O–H groups in total. The number of Topliss-reactive ketones (excluding diaryl/α,β-unsaturated/α-hetero) is 4. The van der Waals surface area contributed by atoms with E-state index in [1.165, 1.54) is 18.9 Å². The maximum Gasteiger partial charge on any atom is 0.163 e. The second kappa shape index (κ2) is 17.4. The normalized spacial score (nSPS) is 15.8. The standard InChI is InChI=1S/C36H48O4.C3H8/c1-8-11-28(31(9-2)34(39)15-24(6)37)16-27-18-33-32(22(3)4)21-29(25(7)36(33)35(40)19-27)20-30(38)17-26-13-10-12-23(5)14-26;1-3-2/h10,12-14,21-22,27-28,31H,8-9,11,15-20H2,1-7H3;3H2,1-2H3. The minimum absolute atomic E-state index is 0.00716. The van der Waals surface area contributed by atoms with Crippen molar-refractivity contribution in [3.05, 3.63) is 69.3 Å². The molecule has 0 heterocycles. The molecule has 2 aromatic rings. The van der Waals surface area contributed by atoms with E-state index in [-0.39, 0.29) is 53.2 Å². The van der Waals surface area contributed by atoms with E-state index in [0.29, 0.717) is 19.3 Å². The van der Waals surface area contributed by atoms with Crippen molar-refractivity contribution < 1.29 is 19.2 Å². The molecular weight excluding hydrogens is 532 g/mol. The summed E-state index contributed by atoms with van der Waals surface area (Å²) in [6.45, 7) is 18.3. The summed E-state index contributed by atoms with van der Waals surface area (Å²) >= 11 is 0. The highest BCUT2D eigenvalue weighted by atomic mass is 16.1. The number of hydrogen-bond acceptors (Lipinski definition) is 4. The highest BCUT2D eigenvalue weighted by molar-refractivity contribution is 6.01. The molecule has 0 amide bonds. The lowest BCUT2D eigenvalue weighted by molar-refractivity contribution is -0.130. The van der Waals surface area contributed by atoms with Crippen LogP contribution in [0.25, 0.3) is 0 Å². The zero-order chi connectivity index (χ0) is 32.3. The van der Waals surface area contributed by atoms with Gasteiger partial charge in [0.05, 0.1) is 6.42 Å². The molecule has 43 heavy (non-hydrogen) atoms. The van der Waals surface area contributed by atoms with Crippen LogP contribution in [0, 0.1) is 31.6 Å². The Kier molecular flexibility index (Phi) is 14.7. The van der Waals surface area contributed by atoms with E-state index in [1.54, 1.807) is 0 Å². The predicted molar refractivity (Wildman–Crippen MR) is 178 cm³/mol. The van der Waals surface area contributed by atoms with Gasteiger partial charge in [0.1, 0.15) is 17.3 Å². The molecule has 1 aliphatic carbocycles. The van der Waals surface area contributed by atoms with Gasteiger partial charge < -0.3 is 0 Å². The van der Waals surface area contributed by atoms with E-state index < -0.39 is 0 Å². The Labute approximate surface area is 261 Å². The van der Waals surface area contributed by atoms with Gasteiger partial charge in [-0.1, -0.05) is 96.7 Å². The Morgan fingerprint density at radius 3 is 2.19 bits per heavy atom. The Morgan fingerprint density at radius 2 is 1.63 bits per heavy atom. The number of carbonyl (C=O) groups is 4. The maximum absolute atomic E-state index is 13.7. The second-order valence-electron chi connectivity index (χ2n) is 13.2. The number of hydrogen-bond donors (Lipinski definition) is 0. The number of aryl methyl sites for hydroxylation is 1. The van der Waals surface area contributed by atoms with Crippen molar-refractivity contribution in [1.29, 1.82) is 0 Å². The van der Waals surface area contributed by atoms with E-state index >= 15 is 0 Å². The molecular formula is C39H56O4. The van der Waals surface area contributed by atoms with Crippen molar-refractivity contribution in [3.63, 3.8) is 0 Å². The maximum atomic E-state index is 13.7. The molecule has 4 nitrogen and oxygen atoms in total. The molecule has 0 fully saturated rings. The topological polar surface area (TPSA) is 68.3 Å². The Hall–Kier alpha value is -2.88. The molecule has 0 bridgehead atoms. The third kappa shape index (κ3) is 10.4. The third-order valence-corrected chi connectivity index (χ3v) is 8.72. The van der Waals surface area contributed by atoms with Gasteiger partial charge in [-0.2, -0.15) is 0 Å². The largest absolute Gasteiger partial charge is 0.300 e. The summed E-state index contributed by atoms with van der Waals surface area (Å²) < 4.78 is 0. The Balaban J connectivity index is 0.00000206. The molecule has 236 valence electrons. The van der Waals surface area contributed by atoms with Crippen molar-refractivity contribution >= 4 is 23.1 Å². The van der Waals surface area contributed by atoms with Crippen LogP contribution in [0.2, 0.25) is 0 Å². The average molecular weight is 589 g/mol. The summed E-state index contributed by atoms with van der Waals surface area (Å²) in [6, 6.07) is 10.3. The van der Waals surface area contributed by atoms with Gasteiger partial charge in [-0.05, 0) is 85.6 Å². The van der Waals surface area contributed by atoms with Crippen LogP contribution in [0.4, 0.5) is 0 Å². The van der Waals surface area contributed by atoms with Crippen molar-refractivity contribution in [1.82, 2.24) is 0 Å². The summed E-state index contributed by atoms with van der Waals surface area (Å²) in [7, 11) is 0. The van der Waals surface area contributed by atoms with Crippen LogP contribution in [-0.2, 0) is 33.6 Å². The predicted octanol–water partition coefficient (Wildman–Crippen LogP) is 9.32. The summed E-state index contributed by atoms with van der Waals surface area (Å²) in [5.74, 6) is 0.766. The van der Waals surface area contributed by atoms with E-state index in [4.69, 9.17) is 0 Å². The average Bonchev–Trinajstić information content (AvgIpc) is 2.90. The number of ketones is 4. The van der Waals surface area contributed by atoms with Crippen LogP contribution in [-0.4, -0.2) is 23.1 Å². The first-order valence-electron chi connectivity index (χ1n) is 16.6. The van der Waals surface area contributed by atoms with E-state index in [2.05, 4.69) is 46.8 Å². The first-order valence-corrected chi connectivity index (χ1v) is 16.6. The van der Waals surface area contributed by atoms with Gasteiger partial charge in [-0.3, -0.25) is 19.2 Å². The van der Waals surface area contributed by atoms with E-state index in [1.807, 2.05) is 39.0 Å². The molecule has 0 aromatic heterocycles. The smallest absolute Gasteiger partial charge is 0.163 e. The fraction of sp³-hybridized carbons (Fsp3) is 0.590. The van der Waals surface area contributed by atoms with Crippen molar-refractivity contribution in [2.45, 2.75) is 132 Å². The molecule has 0 aliphatic heterocycles. The van der Waals surface area contributed by atoms with Crippen LogP contribution in [0.5, 0.6) is 0 Å². The third-order valence-electron chi connectivity index (χ3n) is 8.72. The minimum Gasteiger partial charge on any atom is -0.300 e. The number of rotatable bonds is 14. The van der Waals surface area contributed by atoms with Gasteiger partial charge >= 0.3 is 0 Å². The first-order chi connectivity index (χ1) is 20.4. The number of benzene rings is 2. The molecule has 3 rings (SSSR count). The zero-order valence-electron chi connectivity index (χ0n) is 28.4. The van der Waals surface area contributed by atoms with Gasteiger partial charge in [0.15, 0.2) is 5.78 Å². The van der Waals surface area contributed by atoms with Crippen LogP contribution in [0.15, 0.2) is 30.3 Å². The van der Waals surface area contributed by atoms with Gasteiger partial charge in [-0.15, -0.1) is 0 Å². The molecule has 1 aliphatic rings. The monoisotopic (exact) mass is 588 g/mol. The van der Waals surface area contributed by atoms with Gasteiger partial charge in [0.2, 0.25) is 0 Å². The fourth-order valence-corrected chi connectivity index (χ4v) is 6.91. The first kappa shape index (κ1) is 36.3. The fourth-order valence-electron chi connectivity index (χ4n) is 6.91. The second-order valence-corrected chi connectivity index (χ2v) is 13.2. The van der Waals surface area contributed by atoms with Crippen LogP contribution in [0.1, 0.15) is 143 Å². The van der Waals surface area contributed by atoms with Gasteiger partial charge in [0, 0.05) is 30.7 Å². The molecule has 3 unspecified atom stereocenters. The number of fused-ring (bicyclic) bond motifs is 1. The van der Waals surface area contributed by atoms with Crippen LogP contribution < -0.4 is 0 Å². The molecule has 0 saturated heterocycles. The highest BCUT2D eigenvalue weighted by Gasteiger charge is 2.34. The summed E-state index contributed by atoms with van der Waals surface area (Å²) in [5.41, 5.74) is 7.23. The lowest BCUT2D eigenvalue weighted by Crippen LogP contribution is -2.30. The summed E-state index contributed by atoms with van der Waals surface area (Å²) in [4.78, 5) is 51.4. The SMILES string of the molecule is CCC.CCCC(CC1CC(=O)c2c(C)c(CC(=O)Cc3cccc(C)c3)cc(C(C)C)c2C1)C(CC)C(=O)CC(C)=O. The van der Waals surface area contributed by atoms with Crippen LogP contribution in [0.3, 0.4) is 0 Å².